The maximum atomic E-state index is 12.0. The molecule has 0 aromatic rings. The van der Waals surface area contributed by atoms with Gasteiger partial charge in [0, 0.05) is 12.6 Å². The van der Waals surface area contributed by atoms with Crippen molar-refractivity contribution in [1.29, 1.82) is 0 Å². The van der Waals surface area contributed by atoms with E-state index in [0.29, 0.717) is 6.54 Å². The summed E-state index contributed by atoms with van der Waals surface area (Å²) in [5, 5.41) is 2.95. The van der Waals surface area contributed by atoms with Crippen LogP contribution in [-0.4, -0.2) is 29.4 Å². The summed E-state index contributed by atoms with van der Waals surface area (Å²) in [5.41, 5.74) is 0. The van der Waals surface area contributed by atoms with Crippen molar-refractivity contribution in [2.75, 3.05) is 6.54 Å². The van der Waals surface area contributed by atoms with Crippen LogP contribution >= 0.6 is 0 Å². The molecule has 2 fully saturated rings. The molecule has 4 nitrogen and oxygen atoms in total. The Morgan fingerprint density at radius 3 is 2.80 bits per heavy atom. The Balaban J connectivity index is 2.11. The zero-order valence-corrected chi connectivity index (χ0v) is 9.16. The summed E-state index contributed by atoms with van der Waals surface area (Å²) < 4.78 is 0. The Labute approximate surface area is 90.0 Å². The molecular formula is C11H18N2O2. The van der Waals surface area contributed by atoms with Crippen molar-refractivity contribution in [1.82, 2.24) is 10.2 Å². The van der Waals surface area contributed by atoms with E-state index in [9.17, 15) is 9.59 Å². The van der Waals surface area contributed by atoms with Crippen molar-refractivity contribution in [3.8, 4) is 0 Å². The van der Waals surface area contributed by atoms with Gasteiger partial charge in [-0.1, -0.05) is 19.8 Å². The number of nitrogens with zero attached hydrogens (tertiary/aromatic N) is 1. The molecular weight excluding hydrogens is 192 g/mol. The molecule has 1 N–H and O–H groups in total. The van der Waals surface area contributed by atoms with Gasteiger partial charge in [-0.15, -0.1) is 0 Å². The molecule has 0 aromatic carbocycles. The molecule has 84 valence electrons. The quantitative estimate of drug-likeness (QED) is 0.751. The zero-order valence-electron chi connectivity index (χ0n) is 9.16. The lowest BCUT2D eigenvalue weighted by atomic mass is 9.82. The van der Waals surface area contributed by atoms with Gasteiger partial charge in [-0.3, -0.25) is 9.69 Å². The van der Waals surface area contributed by atoms with E-state index in [1.165, 1.54) is 4.90 Å². The molecule has 0 aromatic heterocycles. The predicted molar refractivity (Wildman–Crippen MR) is 56.3 cm³/mol. The van der Waals surface area contributed by atoms with Gasteiger partial charge in [-0.2, -0.15) is 0 Å². The van der Waals surface area contributed by atoms with Crippen molar-refractivity contribution in [3.63, 3.8) is 0 Å². The fourth-order valence-corrected chi connectivity index (χ4v) is 2.57. The molecule has 2 atom stereocenters. The molecule has 0 spiro atoms. The van der Waals surface area contributed by atoms with Gasteiger partial charge in [0.1, 0.15) is 0 Å². The lowest BCUT2D eigenvalue weighted by Crippen LogP contribution is -2.60. The van der Waals surface area contributed by atoms with Crippen LogP contribution < -0.4 is 5.32 Å². The van der Waals surface area contributed by atoms with Crippen molar-refractivity contribution >= 4 is 11.9 Å². The number of hydrogen-bond acceptors (Lipinski definition) is 2. The number of nitrogens with one attached hydrogen (secondary N) is 1. The number of urea groups is 1. The van der Waals surface area contributed by atoms with Gasteiger partial charge in [0.25, 0.3) is 0 Å². The molecule has 1 aliphatic carbocycles. The largest absolute Gasteiger partial charge is 0.334 e. The van der Waals surface area contributed by atoms with Crippen molar-refractivity contribution < 1.29 is 9.59 Å². The third-order valence-corrected chi connectivity index (χ3v) is 3.35. The van der Waals surface area contributed by atoms with E-state index in [4.69, 9.17) is 0 Å². The van der Waals surface area contributed by atoms with Crippen LogP contribution in [0.15, 0.2) is 0 Å². The molecule has 1 aliphatic heterocycles. The first kappa shape index (κ1) is 10.5. The van der Waals surface area contributed by atoms with Gasteiger partial charge in [0.2, 0.25) is 5.91 Å². The summed E-state index contributed by atoms with van der Waals surface area (Å²) in [6.45, 7) is 2.53. The standard InChI is InChI=1S/C11H18N2O2/c1-2-7-13-10(14)8-5-3-4-6-9(8)12-11(13)15/h8-9H,2-7H2,1H3,(H,12,15). The average Bonchev–Trinajstić information content (AvgIpc) is 2.24. The Bertz CT molecular complexity index is 278. The Kier molecular flexibility index (Phi) is 2.93. The van der Waals surface area contributed by atoms with Crippen LogP contribution in [0.1, 0.15) is 39.0 Å². The van der Waals surface area contributed by atoms with Gasteiger partial charge in [-0.05, 0) is 19.3 Å². The van der Waals surface area contributed by atoms with E-state index < -0.39 is 0 Å². The fourth-order valence-electron chi connectivity index (χ4n) is 2.57. The van der Waals surface area contributed by atoms with E-state index in [1.807, 2.05) is 6.92 Å². The van der Waals surface area contributed by atoms with Crippen molar-refractivity contribution in [3.05, 3.63) is 0 Å². The van der Waals surface area contributed by atoms with Crippen molar-refractivity contribution in [2.24, 2.45) is 5.92 Å². The molecule has 3 amide bonds. The summed E-state index contributed by atoms with van der Waals surface area (Å²) in [6.07, 6.45) is 4.97. The summed E-state index contributed by atoms with van der Waals surface area (Å²) in [4.78, 5) is 25.1. The topological polar surface area (TPSA) is 49.4 Å². The molecule has 1 heterocycles. The summed E-state index contributed by atoms with van der Waals surface area (Å²) in [7, 11) is 0. The SMILES string of the molecule is CCCN1C(=O)NC2CCCCC2C1=O. The second-order valence-electron chi connectivity index (χ2n) is 4.44. The highest BCUT2D eigenvalue weighted by atomic mass is 16.2. The lowest BCUT2D eigenvalue weighted by Gasteiger charge is -2.39. The van der Waals surface area contributed by atoms with Crippen LogP contribution in [0.5, 0.6) is 0 Å². The number of hydrogen-bond donors (Lipinski definition) is 1. The maximum absolute atomic E-state index is 12.0. The monoisotopic (exact) mass is 210 g/mol. The number of amides is 3. The molecule has 1 saturated heterocycles. The van der Waals surface area contributed by atoms with Crippen molar-refractivity contribution in [2.45, 2.75) is 45.1 Å². The minimum Gasteiger partial charge on any atom is -0.334 e. The van der Waals surface area contributed by atoms with Crippen LogP contribution in [0.3, 0.4) is 0 Å². The van der Waals surface area contributed by atoms with Crippen LogP contribution in [0.2, 0.25) is 0 Å². The van der Waals surface area contributed by atoms with Gasteiger partial charge < -0.3 is 5.32 Å². The second-order valence-corrected chi connectivity index (χ2v) is 4.44. The molecule has 2 unspecified atom stereocenters. The minimum atomic E-state index is -0.190. The smallest absolute Gasteiger partial charge is 0.324 e. The van der Waals surface area contributed by atoms with E-state index in [1.54, 1.807) is 0 Å². The number of fused-ring (bicyclic) bond motifs is 1. The number of imide groups is 1. The van der Waals surface area contributed by atoms with Gasteiger partial charge >= 0.3 is 6.03 Å². The van der Waals surface area contributed by atoms with E-state index in [-0.39, 0.29) is 23.9 Å². The maximum Gasteiger partial charge on any atom is 0.324 e. The number of carbonyl (C=O) groups excluding carboxylic acids is 2. The van der Waals surface area contributed by atoms with E-state index in [0.717, 1.165) is 32.1 Å². The Hall–Kier alpha value is -1.06. The average molecular weight is 210 g/mol. The molecule has 2 aliphatic rings. The van der Waals surface area contributed by atoms with Gasteiger partial charge in [-0.25, -0.2) is 4.79 Å². The molecule has 2 rings (SSSR count). The molecule has 1 saturated carbocycles. The highest BCUT2D eigenvalue weighted by molar-refractivity contribution is 5.98. The third kappa shape index (κ3) is 1.85. The molecule has 15 heavy (non-hydrogen) atoms. The van der Waals surface area contributed by atoms with E-state index >= 15 is 0 Å². The molecule has 0 radical (unpaired) electrons. The predicted octanol–water partition coefficient (Wildman–Crippen LogP) is 1.51. The number of carbonyl (C=O) groups is 2. The first-order chi connectivity index (χ1) is 7.24. The second kappa shape index (κ2) is 4.21. The Morgan fingerprint density at radius 1 is 1.33 bits per heavy atom. The summed E-state index contributed by atoms with van der Waals surface area (Å²) >= 11 is 0. The van der Waals surface area contributed by atoms with Gasteiger partial charge in [0.15, 0.2) is 0 Å². The van der Waals surface area contributed by atoms with Crippen LogP contribution in [0.25, 0.3) is 0 Å². The number of rotatable bonds is 2. The highest BCUT2D eigenvalue weighted by Gasteiger charge is 2.41. The molecule has 4 heteroatoms. The minimum absolute atomic E-state index is 0.0444. The first-order valence-corrected chi connectivity index (χ1v) is 5.86. The fraction of sp³-hybridized carbons (Fsp3) is 0.818. The lowest BCUT2D eigenvalue weighted by molar-refractivity contribution is -0.136. The highest BCUT2D eigenvalue weighted by Crippen LogP contribution is 2.29. The van der Waals surface area contributed by atoms with E-state index in [2.05, 4.69) is 5.32 Å². The van der Waals surface area contributed by atoms with Crippen LogP contribution in [-0.2, 0) is 4.79 Å². The first-order valence-electron chi connectivity index (χ1n) is 5.86. The summed E-state index contributed by atoms with van der Waals surface area (Å²) in [6, 6.07) is -0.0862. The third-order valence-electron chi connectivity index (χ3n) is 3.35. The Morgan fingerprint density at radius 2 is 2.07 bits per heavy atom. The molecule has 0 bridgehead atoms. The summed E-state index contributed by atoms with van der Waals surface area (Å²) in [5.74, 6) is 0.0910. The van der Waals surface area contributed by atoms with Gasteiger partial charge in [0.05, 0.1) is 5.92 Å². The van der Waals surface area contributed by atoms with Crippen LogP contribution in [0, 0.1) is 5.92 Å². The van der Waals surface area contributed by atoms with Crippen LogP contribution in [0.4, 0.5) is 4.79 Å². The zero-order chi connectivity index (χ0) is 10.8. The normalized spacial score (nSPS) is 31.1.